The van der Waals surface area contributed by atoms with Crippen molar-refractivity contribution in [3.63, 3.8) is 0 Å². The van der Waals surface area contributed by atoms with Crippen LogP contribution in [0.2, 0.25) is 0 Å². The minimum atomic E-state index is -0.902. The molecule has 0 heterocycles. The Kier molecular flexibility index (Phi) is 1.78. The first-order valence-electron chi connectivity index (χ1n) is 6.05. The molecule has 0 saturated carbocycles. The van der Waals surface area contributed by atoms with Gasteiger partial charge in [-0.1, -0.05) is 36.4 Å². The predicted octanol–water partition coefficient (Wildman–Crippen LogP) is 2.28. The molecule has 2 aliphatic rings. The molecule has 0 aromatic heterocycles. The number of hydrogen-bond donors (Lipinski definition) is 0. The molecular weight excluding hydrogens is 240 g/mol. The van der Waals surface area contributed by atoms with Gasteiger partial charge in [-0.05, 0) is 28.0 Å². The van der Waals surface area contributed by atoms with Gasteiger partial charge in [0.2, 0.25) is 11.6 Å². The largest absolute Gasteiger partial charge is 0.289 e. The first-order chi connectivity index (χ1) is 9.18. The third-order valence-electron chi connectivity index (χ3n) is 3.85. The maximum absolute atomic E-state index is 12.0. The summed E-state index contributed by atoms with van der Waals surface area (Å²) < 4.78 is 0. The molecule has 2 aromatic carbocycles. The van der Waals surface area contributed by atoms with Gasteiger partial charge in [-0.2, -0.15) is 0 Å². The first kappa shape index (κ1) is 10.4. The molecule has 3 heteroatoms. The first-order valence-corrected chi connectivity index (χ1v) is 6.05. The Balaban J connectivity index is 2.23. The summed E-state index contributed by atoms with van der Waals surface area (Å²) in [6.45, 7) is 0. The normalized spacial score (nSPS) is 20.2. The van der Waals surface area contributed by atoms with Crippen LogP contribution in [0.3, 0.4) is 0 Å². The third kappa shape index (κ3) is 1.14. The van der Waals surface area contributed by atoms with E-state index in [1.807, 2.05) is 30.3 Å². The monoisotopic (exact) mass is 248 g/mol. The standard InChI is InChI=1S/C16H8O3/c17-14-10-6-4-8-2-1-3-9-5-7-11(13(10)12(8)9)15(18)16(14)19/h1-7,10H. The van der Waals surface area contributed by atoms with Crippen molar-refractivity contribution in [1.29, 1.82) is 0 Å². The fourth-order valence-electron chi connectivity index (χ4n) is 2.99. The highest BCUT2D eigenvalue weighted by Crippen LogP contribution is 2.40. The second-order valence-electron chi connectivity index (χ2n) is 4.83. The molecule has 0 fully saturated rings. The molecule has 3 nitrogen and oxygen atoms in total. The Bertz CT molecular complexity index is 827. The van der Waals surface area contributed by atoms with Crippen molar-refractivity contribution in [2.24, 2.45) is 0 Å². The number of ketones is 3. The number of Topliss-reactive ketones (excluding diaryl/α,β-unsaturated/α-hetero) is 3. The maximum atomic E-state index is 12.0. The second-order valence-corrected chi connectivity index (χ2v) is 4.83. The molecule has 90 valence electrons. The van der Waals surface area contributed by atoms with Crippen LogP contribution in [0.4, 0.5) is 0 Å². The third-order valence-corrected chi connectivity index (χ3v) is 3.85. The summed E-state index contributed by atoms with van der Waals surface area (Å²) in [7, 11) is 0. The van der Waals surface area contributed by atoms with Gasteiger partial charge in [0.1, 0.15) is 0 Å². The Morgan fingerprint density at radius 2 is 1.74 bits per heavy atom. The molecule has 2 aromatic rings. The topological polar surface area (TPSA) is 51.2 Å². The zero-order chi connectivity index (χ0) is 13.1. The molecule has 0 amide bonds. The van der Waals surface area contributed by atoms with Gasteiger partial charge in [0.25, 0.3) is 5.78 Å². The Labute approximate surface area is 108 Å². The fourth-order valence-corrected chi connectivity index (χ4v) is 2.99. The summed E-state index contributed by atoms with van der Waals surface area (Å²) in [6, 6.07) is 9.31. The van der Waals surface area contributed by atoms with Crippen molar-refractivity contribution in [3.05, 3.63) is 53.1 Å². The quantitative estimate of drug-likeness (QED) is 0.672. The molecule has 0 spiro atoms. The van der Waals surface area contributed by atoms with Gasteiger partial charge in [-0.25, -0.2) is 0 Å². The number of carbonyl (C=O) groups excluding carboxylic acids is 3. The molecule has 0 N–H and O–H groups in total. The average molecular weight is 248 g/mol. The van der Waals surface area contributed by atoms with Crippen LogP contribution in [0.5, 0.6) is 0 Å². The van der Waals surface area contributed by atoms with Gasteiger partial charge < -0.3 is 0 Å². The van der Waals surface area contributed by atoms with Crippen LogP contribution < -0.4 is 0 Å². The number of carbonyl (C=O) groups is 3. The minimum Gasteiger partial charge on any atom is -0.289 e. The van der Waals surface area contributed by atoms with Crippen LogP contribution >= 0.6 is 0 Å². The number of hydrogen-bond acceptors (Lipinski definition) is 3. The Hall–Kier alpha value is -2.55. The lowest BCUT2D eigenvalue weighted by Crippen LogP contribution is -2.35. The number of rotatable bonds is 0. The molecule has 0 aliphatic heterocycles. The van der Waals surface area contributed by atoms with Crippen LogP contribution in [0.25, 0.3) is 16.8 Å². The van der Waals surface area contributed by atoms with Gasteiger partial charge in [-0.15, -0.1) is 0 Å². The summed E-state index contributed by atoms with van der Waals surface area (Å²) >= 11 is 0. The Morgan fingerprint density at radius 1 is 0.895 bits per heavy atom. The van der Waals surface area contributed by atoms with Gasteiger partial charge in [0.05, 0.1) is 5.92 Å². The summed E-state index contributed by atoms with van der Waals surface area (Å²) in [5.74, 6) is -2.79. The molecule has 1 unspecified atom stereocenters. The lowest BCUT2D eigenvalue weighted by atomic mass is 9.74. The highest BCUT2D eigenvalue weighted by molar-refractivity contribution is 6.70. The van der Waals surface area contributed by atoms with Crippen LogP contribution in [0.15, 0.2) is 36.4 Å². The van der Waals surface area contributed by atoms with Crippen LogP contribution in [-0.2, 0) is 9.59 Å². The summed E-state index contributed by atoms with van der Waals surface area (Å²) in [5, 5.41) is 1.90. The zero-order valence-corrected chi connectivity index (χ0v) is 9.84. The van der Waals surface area contributed by atoms with E-state index in [4.69, 9.17) is 0 Å². The minimum absolute atomic E-state index is 0.374. The lowest BCUT2D eigenvalue weighted by molar-refractivity contribution is -0.134. The van der Waals surface area contributed by atoms with Crippen LogP contribution in [0.1, 0.15) is 27.4 Å². The zero-order valence-electron chi connectivity index (χ0n) is 9.84. The van der Waals surface area contributed by atoms with Crippen LogP contribution in [0, 0.1) is 0 Å². The molecule has 19 heavy (non-hydrogen) atoms. The molecule has 0 radical (unpaired) electrons. The van der Waals surface area contributed by atoms with E-state index >= 15 is 0 Å². The number of benzene rings is 2. The van der Waals surface area contributed by atoms with Crippen molar-refractivity contribution in [2.75, 3.05) is 0 Å². The van der Waals surface area contributed by atoms with E-state index in [0.717, 1.165) is 16.3 Å². The highest BCUT2D eigenvalue weighted by atomic mass is 16.2. The summed E-state index contributed by atoms with van der Waals surface area (Å²) in [5.41, 5.74) is 2.06. The van der Waals surface area contributed by atoms with Crippen molar-refractivity contribution in [2.45, 2.75) is 5.92 Å². The second kappa shape index (κ2) is 3.26. The van der Waals surface area contributed by atoms with Gasteiger partial charge in [-0.3, -0.25) is 14.4 Å². The molecular formula is C16H8O3. The SMILES string of the molecule is O=C1C(=O)c2ccc3cccc4c3c2C(C=C4)C1=O. The molecule has 2 aliphatic carbocycles. The fraction of sp³-hybridized carbons (Fsp3) is 0.0625. The Morgan fingerprint density at radius 3 is 2.58 bits per heavy atom. The molecule has 0 saturated heterocycles. The van der Waals surface area contributed by atoms with Gasteiger partial charge in [0, 0.05) is 5.56 Å². The summed E-state index contributed by atoms with van der Waals surface area (Å²) in [6.07, 6.45) is 3.57. The highest BCUT2D eigenvalue weighted by Gasteiger charge is 2.40. The maximum Gasteiger partial charge on any atom is 0.269 e. The molecule has 1 atom stereocenters. The van der Waals surface area contributed by atoms with E-state index in [9.17, 15) is 14.4 Å². The predicted molar refractivity (Wildman–Crippen MR) is 70.1 cm³/mol. The molecule has 0 bridgehead atoms. The lowest BCUT2D eigenvalue weighted by Gasteiger charge is -2.25. The van der Waals surface area contributed by atoms with E-state index in [1.165, 1.54) is 0 Å². The number of allylic oxidation sites excluding steroid dienone is 1. The van der Waals surface area contributed by atoms with Crippen molar-refractivity contribution in [3.8, 4) is 0 Å². The van der Waals surface area contributed by atoms with E-state index in [0.29, 0.717) is 11.1 Å². The van der Waals surface area contributed by atoms with E-state index in [1.54, 1.807) is 12.1 Å². The van der Waals surface area contributed by atoms with Crippen molar-refractivity contribution >= 4 is 34.2 Å². The van der Waals surface area contributed by atoms with E-state index < -0.39 is 23.3 Å². The van der Waals surface area contributed by atoms with Crippen molar-refractivity contribution < 1.29 is 14.4 Å². The van der Waals surface area contributed by atoms with Gasteiger partial charge >= 0.3 is 0 Å². The van der Waals surface area contributed by atoms with Crippen LogP contribution in [-0.4, -0.2) is 17.3 Å². The van der Waals surface area contributed by atoms with Gasteiger partial charge in [0.15, 0.2) is 0 Å². The van der Waals surface area contributed by atoms with Crippen molar-refractivity contribution in [1.82, 2.24) is 0 Å². The summed E-state index contributed by atoms with van der Waals surface area (Å²) in [4.78, 5) is 35.6. The molecule has 4 rings (SSSR count). The van der Waals surface area contributed by atoms with E-state index in [-0.39, 0.29) is 0 Å². The van der Waals surface area contributed by atoms with E-state index in [2.05, 4.69) is 0 Å². The average Bonchev–Trinajstić information content (AvgIpc) is 2.45. The smallest absolute Gasteiger partial charge is 0.269 e.